The standard InChI is InChI=1S/C20H15IN2O3/c1-12-17(20(24)26-13-7-3-2-4-8-13)18(15(11-22)19(23)25-12)14-9-5-6-10-16(14)21/h2-10,18H,23H2,1H3/t18-/m0/s1. The maximum atomic E-state index is 12.9. The summed E-state index contributed by atoms with van der Waals surface area (Å²) in [6.45, 7) is 1.64. The molecule has 0 fully saturated rings. The van der Waals surface area contributed by atoms with E-state index in [2.05, 4.69) is 28.7 Å². The van der Waals surface area contributed by atoms with Crippen molar-refractivity contribution in [3.05, 3.63) is 86.5 Å². The molecule has 2 aromatic rings. The van der Waals surface area contributed by atoms with Crippen molar-refractivity contribution in [2.75, 3.05) is 0 Å². The number of carbonyl (C=O) groups is 1. The Morgan fingerprint density at radius 2 is 1.85 bits per heavy atom. The minimum absolute atomic E-state index is 0.00548. The topological polar surface area (TPSA) is 85.3 Å². The van der Waals surface area contributed by atoms with Gasteiger partial charge in [-0.3, -0.25) is 0 Å². The summed E-state index contributed by atoms with van der Waals surface area (Å²) in [4.78, 5) is 12.9. The highest BCUT2D eigenvalue weighted by Crippen LogP contribution is 2.41. The summed E-state index contributed by atoms with van der Waals surface area (Å²) in [6, 6.07) is 18.4. The lowest BCUT2D eigenvalue weighted by molar-refractivity contribution is -0.130. The van der Waals surface area contributed by atoms with Crippen LogP contribution >= 0.6 is 22.6 Å². The van der Waals surface area contributed by atoms with Crippen LogP contribution in [0.3, 0.4) is 0 Å². The van der Waals surface area contributed by atoms with E-state index < -0.39 is 11.9 Å². The minimum Gasteiger partial charge on any atom is -0.445 e. The minimum atomic E-state index is -0.641. The van der Waals surface area contributed by atoms with Crippen molar-refractivity contribution in [2.24, 2.45) is 5.73 Å². The predicted octanol–water partition coefficient (Wildman–Crippen LogP) is 3.98. The van der Waals surface area contributed by atoms with Gasteiger partial charge in [-0.2, -0.15) is 5.26 Å². The molecule has 1 heterocycles. The van der Waals surface area contributed by atoms with Gasteiger partial charge >= 0.3 is 5.97 Å². The molecule has 0 bridgehead atoms. The zero-order valence-corrected chi connectivity index (χ0v) is 16.1. The van der Waals surface area contributed by atoms with Crippen molar-refractivity contribution >= 4 is 28.6 Å². The average molecular weight is 458 g/mol. The molecule has 26 heavy (non-hydrogen) atoms. The molecule has 2 aromatic carbocycles. The molecule has 1 atom stereocenters. The van der Waals surface area contributed by atoms with Gasteiger partial charge in [-0.1, -0.05) is 36.4 Å². The molecule has 0 unspecified atom stereocenters. The number of nitrogens with zero attached hydrogens (tertiary/aromatic N) is 1. The maximum Gasteiger partial charge on any atom is 0.343 e. The van der Waals surface area contributed by atoms with Crippen LogP contribution in [0.25, 0.3) is 0 Å². The highest BCUT2D eigenvalue weighted by molar-refractivity contribution is 14.1. The second-order valence-corrected chi connectivity index (χ2v) is 6.78. The fourth-order valence-electron chi connectivity index (χ4n) is 2.82. The van der Waals surface area contributed by atoms with E-state index in [1.807, 2.05) is 30.3 Å². The third-order valence-electron chi connectivity index (χ3n) is 4.00. The van der Waals surface area contributed by atoms with Crippen molar-refractivity contribution in [1.82, 2.24) is 0 Å². The van der Waals surface area contributed by atoms with Gasteiger partial charge in [0.15, 0.2) is 0 Å². The van der Waals surface area contributed by atoms with E-state index in [1.165, 1.54) is 0 Å². The second kappa shape index (κ2) is 7.62. The van der Waals surface area contributed by atoms with Crippen LogP contribution in [0.1, 0.15) is 18.4 Å². The van der Waals surface area contributed by atoms with Crippen LogP contribution in [-0.4, -0.2) is 5.97 Å². The van der Waals surface area contributed by atoms with E-state index in [9.17, 15) is 10.1 Å². The summed E-state index contributed by atoms with van der Waals surface area (Å²) in [5.41, 5.74) is 7.18. The number of esters is 1. The summed E-state index contributed by atoms with van der Waals surface area (Å²) < 4.78 is 11.9. The molecule has 5 nitrogen and oxygen atoms in total. The van der Waals surface area contributed by atoms with Crippen LogP contribution in [0.15, 0.2) is 77.4 Å². The van der Waals surface area contributed by atoms with Crippen LogP contribution in [0, 0.1) is 14.9 Å². The Morgan fingerprint density at radius 1 is 1.19 bits per heavy atom. The van der Waals surface area contributed by atoms with Crippen LogP contribution < -0.4 is 10.5 Å². The largest absolute Gasteiger partial charge is 0.445 e. The van der Waals surface area contributed by atoms with E-state index in [-0.39, 0.29) is 17.0 Å². The van der Waals surface area contributed by atoms with Crippen molar-refractivity contribution in [3.63, 3.8) is 0 Å². The predicted molar refractivity (Wildman–Crippen MR) is 105 cm³/mol. The van der Waals surface area contributed by atoms with Gasteiger partial charge in [0, 0.05) is 3.57 Å². The Morgan fingerprint density at radius 3 is 2.50 bits per heavy atom. The quantitative estimate of drug-likeness (QED) is 0.428. The van der Waals surface area contributed by atoms with Crippen LogP contribution in [0.5, 0.6) is 5.75 Å². The maximum absolute atomic E-state index is 12.9. The van der Waals surface area contributed by atoms with E-state index in [0.29, 0.717) is 11.5 Å². The number of nitrogens with two attached hydrogens (primary N) is 1. The lowest BCUT2D eigenvalue weighted by atomic mass is 9.83. The van der Waals surface area contributed by atoms with Gasteiger partial charge in [-0.05, 0) is 53.3 Å². The van der Waals surface area contributed by atoms with E-state index in [4.69, 9.17) is 15.2 Å². The highest BCUT2D eigenvalue weighted by Gasteiger charge is 2.37. The lowest BCUT2D eigenvalue weighted by Gasteiger charge is -2.27. The van der Waals surface area contributed by atoms with Gasteiger partial charge in [0.2, 0.25) is 5.88 Å². The number of rotatable bonds is 3. The van der Waals surface area contributed by atoms with E-state index in [0.717, 1.165) is 9.13 Å². The first-order chi connectivity index (χ1) is 12.5. The van der Waals surface area contributed by atoms with E-state index >= 15 is 0 Å². The van der Waals surface area contributed by atoms with Crippen molar-refractivity contribution in [2.45, 2.75) is 12.8 Å². The van der Waals surface area contributed by atoms with Gasteiger partial charge in [0.05, 0.1) is 11.5 Å². The third kappa shape index (κ3) is 3.44. The Hall–Kier alpha value is -2.79. The van der Waals surface area contributed by atoms with Crippen LogP contribution in [0.4, 0.5) is 0 Å². The van der Waals surface area contributed by atoms with Gasteiger partial charge < -0.3 is 15.2 Å². The third-order valence-corrected chi connectivity index (χ3v) is 4.98. The number of ether oxygens (including phenoxy) is 2. The first-order valence-corrected chi connectivity index (χ1v) is 8.90. The summed E-state index contributed by atoms with van der Waals surface area (Å²) in [5.74, 6) is -0.463. The fourth-order valence-corrected chi connectivity index (χ4v) is 3.52. The van der Waals surface area contributed by atoms with Crippen molar-refractivity contribution in [3.8, 4) is 11.8 Å². The molecule has 0 radical (unpaired) electrons. The highest BCUT2D eigenvalue weighted by atomic mass is 127. The molecule has 0 saturated heterocycles. The van der Waals surface area contributed by atoms with Crippen molar-refractivity contribution < 1.29 is 14.3 Å². The molecular weight excluding hydrogens is 443 g/mol. The SMILES string of the molecule is CC1=C(C(=O)Oc2ccccc2)[C@@H](c2ccccc2I)C(C#N)=C(N)O1. The fraction of sp³-hybridized carbons (Fsp3) is 0.100. The molecule has 0 aliphatic carbocycles. The van der Waals surface area contributed by atoms with Crippen LogP contribution in [-0.2, 0) is 9.53 Å². The van der Waals surface area contributed by atoms with Crippen molar-refractivity contribution in [1.29, 1.82) is 5.26 Å². The first-order valence-electron chi connectivity index (χ1n) is 7.83. The lowest BCUT2D eigenvalue weighted by Crippen LogP contribution is -2.27. The normalized spacial score (nSPS) is 16.7. The number of benzene rings is 2. The molecule has 0 aromatic heterocycles. The summed E-state index contributed by atoms with van der Waals surface area (Å²) in [7, 11) is 0. The molecule has 0 saturated carbocycles. The Balaban J connectivity index is 2.09. The number of hydrogen-bond donors (Lipinski definition) is 1. The Kier molecular flexibility index (Phi) is 5.28. The van der Waals surface area contributed by atoms with Gasteiger partial charge in [-0.25, -0.2) is 4.79 Å². The number of halogens is 1. The number of nitriles is 1. The Bertz CT molecular complexity index is 959. The van der Waals surface area contributed by atoms with Gasteiger partial charge in [0.1, 0.15) is 23.2 Å². The number of allylic oxidation sites excluding steroid dienone is 2. The summed E-state index contributed by atoms with van der Waals surface area (Å²) >= 11 is 2.17. The zero-order chi connectivity index (χ0) is 18.7. The first kappa shape index (κ1) is 18.0. The molecule has 0 spiro atoms. The Labute approximate surface area is 164 Å². The number of para-hydroxylation sites is 1. The van der Waals surface area contributed by atoms with E-state index in [1.54, 1.807) is 31.2 Å². The second-order valence-electron chi connectivity index (χ2n) is 5.62. The molecule has 1 aliphatic heterocycles. The van der Waals surface area contributed by atoms with Gasteiger partial charge in [-0.15, -0.1) is 0 Å². The molecule has 2 N–H and O–H groups in total. The smallest absolute Gasteiger partial charge is 0.343 e. The summed E-state index contributed by atoms with van der Waals surface area (Å²) in [5, 5.41) is 9.61. The van der Waals surface area contributed by atoms with Crippen LogP contribution in [0.2, 0.25) is 0 Å². The molecule has 1 aliphatic rings. The average Bonchev–Trinajstić information content (AvgIpc) is 2.62. The molecular formula is C20H15IN2O3. The number of carbonyl (C=O) groups excluding carboxylic acids is 1. The molecule has 3 rings (SSSR count). The molecule has 130 valence electrons. The molecule has 6 heteroatoms. The monoisotopic (exact) mass is 458 g/mol. The zero-order valence-electron chi connectivity index (χ0n) is 13.9. The summed E-state index contributed by atoms with van der Waals surface area (Å²) in [6.07, 6.45) is 0. The number of hydrogen-bond acceptors (Lipinski definition) is 5. The van der Waals surface area contributed by atoms with Gasteiger partial charge in [0.25, 0.3) is 0 Å². The molecule has 0 amide bonds.